The first-order chi connectivity index (χ1) is 6.74. The molecule has 1 fully saturated rings. The van der Waals surface area contributed by atoms with E-state index in [9.17, 15) is 0 Å². The molecule has 3 unspecified atom stereocenters. The summed E-state index contributed by atoms with van der Waals surface area (Å²) in [7, 11) is 0. The molecule has 0 spiro atoms. The van der Waals surface area contributed by atoms with Gasteiger partial charge in [0, 0.05) is 25.7 Å². The van der Waals surface area contributed by atoms with Crippen molar-refractivity contribution in [3.05, 3.63) is 0 Å². The lowest BCUT2D eigenvalue weighted by Gasteiger charge is -2.17. The first-order valence-electron chi connectivity index (χ1n) is 5.82. The molecular weight excluding hydrogens is 176 g/mol. The van der Waals surface area contributed by atoms with Crippen LogP contribution in [0, 0.1) is 5.92 Å². The van der Waals surface area contributed by atoms with Crippen molar-refractivity contribution < 1.29 is 4.74 Å². The van der Waals surface area contributed by atoms with Crippen molar-refractivity contribution in [2.24, 2.45) is 11.7 Å². The second-order valence-electron chi connectivity index (χ2n) is 4.33. The van der Waals surface area contributed by atoms with E-state index in [0.29, 0.717) is 18.1 Å². The highest BCUT2D eigenvalue weighted by Gasteiger charge is 2.23. The lowest BCUT2D eigenvalue weighted by molar-refractivity contribution is 0.105. The topological polar surface area (TPSA) is 47.3 Å². The van der Waals surface area contributed by atoms with Gasteiger partial charge in [-0.3, -0.25) is 0 Å². The van der Waals surface area contributed by atoms with Crippen LogP contribution in [0.1, 0.15) is 33.1 Å². The van der Waals surface area contributed by atoms with Gasteiger partial charge in [-0.15, -0.1) is 0 Å². The van der Waals surface area contributed by atoms with Crippen LogP contribution >= 0.6 is 0 Å². The van der Waals surface area contributed by atoms with Gasteiger partial charge in [0.15, 0.2) is 0 Å². The van der Waals surface area contributed by atoms with E-state index in [1.54, 1.807) is 0 Å². The van der Waals surface area contributed by atoms with Gasteiger partial charge in [0.2, 0.25) is 0 Å². The molecule has 0 bridgehead atoms. The monoisotopic (exact) mass is 200 g/mol. The highest BCUT2D eigenvalue weighted by Crippen LogP contribution is 2.19. The summed E-state index contributed by atoms with van der Waals surface area (Å²) in [5.74, 6) is 0.684. The van der Waals surface area contributed by atoms with Gasteiger partial charge >= 0.3 is 0 Å². The average molecular weight is 200 g/mol. The number of rotatable bonds is 6. The van der Waals surface area contributed by atoms with Gasteiger partial charge in [-0.05, 0) is 25.7 Å². The minimum absolute atomic E-state index is 0.317. The summed E-state index contributed by atoms with van der Waals surface area (Å²) in [6, 6.07) is 0.317. The van der Waals surface area contributed by atoms with E-state index < -0.39 is 0 Å². The second kappa shape index (κ2) is 6.38. The summed E-state index contributed by atoms with van der Waals surface area (Å²) in [5.41, 5.74) is 5.91. The van der Waals surface area contributed by atoms with Crippen molar-refractivity contribution in [3.63, 3.8) is 0 Å². The Kier molecular flexibility index (Phi) is 5.45. The SMILES string of the molecule is CCCC(N)CNCC1CCOC1C. The maximum absolute atomic E-state index is 5.91. The van der Waals surface area contributed by atoms with Crippen LogP contribution in [0.25, 0.3) is 0 Å². The molecule has 1 heterocycles. The number of nitrogens with two attached hydrogens (primary N) is 1. The lowest BCUT2D eigenvalue weighted by Crippen LogP contribution is -2.37. The molecular formula is C11H24N2O. The third-order valence-electron chi connectivity index (χ3n) is 3.01. The standard InChI is InChI=1S/C11H24N2O/c1-3-4-11(12)8-13-7-10-5-6-14-9(10)2/h9-11,13H,3-8,12H2,1-2H3. The van der Waals surface area contributed by atoms with Gasteiger partial charge in [0.05, 0.1) is 6.10 Å². The molecule has 3 nitrogen and oxygen atoms in total. The molecule has 0 radical (unpaired) electrons. The van der Waals surface area contributed by atoms with Gasteiger partial charge in [0.25, 0.3) is 0 Å². The smallest absolute Gasteiger partial charge is 0.0588 e. The summed E-state index contributed by atoms with van der Waals surface area (Å²) < 4.78 is 5.50. The third kappa shape index (κ3) is 3.95. The Balaban J connectivity index is 2.03. The fourth-order valence-electron chi connectivity index (χ4n) is 1.97. The van der Waals surface area contributed by atoms with Crippen molar-refractivity contribution in [2.45, 2.75) is 45.3 Å². The minimum atomic E-state index is 0.317. The summed E-state index contributed by atoms with van der Waals surface area (Å²) in [5, 5.41) is 3.44. The van der Waals surface area contributed by atoms with Gasteiger partial charge in [0.1, 0.15) is 0 Å². The Bertz CT molecular complexity index is 152. The molecule has 0 aromatic heterocycles. The predicted octanol–water partition coefficient (Wildman–Crippen LogP) is 1.13. The van der Waals surface area contributed by atoms with E-state index in [1.807, 2.05) is 0 Å². The molecule has 1 rings (SSSR count). The van der Waals surface area contributed by atoms with Gasteiger partial charge in [-0.1, -0.05) is 13.3 Å². The second-order valence-corrected chi connectivity index (χ2v) is 4.33. The average Bonchev–Trinajstić information content (AvgIpc) is 2.52. The van der Waals surface area contributed by atoms with Crippen LogP contribution in [0.2, 0.25) is 0 Å². The van der Waals surface area contributed by atoms with Crippen LogP contribution in [0.3, 0.4) is 0 Å². The van der Waals surface area contributed by atoms with Crippen LogP contribution in [0.15, 0.2) is 0 Å². The first-order valence-corrected chi connectivity index (χ1v) is 5.82. The summed E-state index contributed by atoms with van der Waals surface area (Å²) in [6.45, 7) is 7.25. The number of hydrogen-bond donors (Lipinski definition) is 2. The van der Waals surface area contributed by atoms with Crippen molar-refractivity contribution >= 4 is 0 Å². The van der Waals surface area contributed by atoms with E-state index in [2.05, 4.69) is 19.2 Å². The van der Waals surface area contributed by atoms with Crippen molar-refractivity contribution in [1.29, 1.82) is 0 Å². The van der Waals surface area contributed by atoms with Crippen LogP contribution in [-0.4, -0.2) is 31.8 Å². The lowest BCUT2D eigenvalue weighted by atomic mass is 10.0. The maximum atomic E-state index is 5.91. The normalized spacial score (nSPS) is 29.4. The molecule has 0 saturated carbocycles. The highest BCUT2D eigenvalue weighted by molar-refractivity contribution is 4.75. The maximum Gasteiger partial charge on any atom is 0.0588 e. The zero-order chi connectivity index (χ0) is 10.4. The zero-order valence-electron chi connectivity index (χ0n) is 9.46. The summed E-state index contributed by atoms with van der Waals surface area (Å²) in [4.78, 5) is 0. The fraction of sp³-hybridized carbons (Fsp3) is 1.00. The molecule has 0 aromatic carbocycles. The molecule has 14 heavy (non-hydrogen) atoms. The molecule has 0 amide bonds. The molecule has 1 aliphatic heterocycles. The molecule has 0 aromatic rings. The van der Waals surface area contributed by atoms with E-state index in [-0.39, 0.29) is 0 Å². The summed E-state index contributed by atoms with van der Waals surface area (Å²) in [6.07, 6.45) is 3.90. The molecule has 1 aliphatic rings. The van der Waals surface area contributed by atoms with Crippen molar-refractivity contribution in [1.82, 2.24) is 5.32 Å². The highest BCUT2D eigenvalue weighted by atomic mass is 16.5. The number of ether oxygens (including phenoxy) is 1. The number of hydrogen-bond acceptors (Lipinski definition) is 3. The molecule has 3 atom stereocenters. The summed E-state index contributed by atoms with van der Waals surface area (Å²) >= 11 is 0. The number of nitrogens with one attached hydrogen (secondary N) is 1. The molecule has 3 N–H and O–H groups in total. The van der Waals surface area contributed by atoms with Crippen molar-refractivity contribution in [3.8, 4) is 0 Å². The molecule has 3 heteroatoms. The third-order valence-corrected chi connectivity index (χ3v) is 3.01. The van der Waals surface area contributed by atoms with Crippen LogP contribution in [-0.2, 0) is 4.74 Å². The Labute approximate surface area is 87.4 Å². The van der Waals surface area contributed by atoms with E-state index in [4.69, 9.17) is 10.5 Å². The van der Waals surface area contributed by atoms with Crippen LogP contribution < -0.4 is 11.1 Å². The molecule has 84 valence electrons. The van der Waals surface area contributed by atoms with Crippen LogP contribution in [0.5, 0.6) is 0 Å². The Morgan fingerprint density at radius 2 is 2.36 bits per heavy atom. The van der Waals surface area contributed by atoms with Gasteiger partial charge in [-0.2, -0.15) is 0 Å². The minimum Gasteiger partial charge on any atom is -0.378 e. The zero-order valence-corrected chi connectivity index (χ0v) is 9.46. The van der Waals surface area contributed by atoms with E-state index >= 15 is 0 Å². The predicted molar refractivity (Wildman–Crippen MR) is 59.3 cm³/mol. The van der Waals surface area contributed by atoms with E-state index in [0.717, 1.165) is 26.1 Å². The Hall–Kier alpha value is -0.120. The van der Waals surface area contributed by atoms with Gasteiger partial charge < -0.3 is 15.8 Å². The Morgan fingerprint density at radius 1 is 1.57 bits per heavy atom. The first kappa shape index (κ1) is 12.0. The van der Waals surface area contributed by atoms with Crippen LogP contribution in [0.4, 0.5) is 0 Å². The van der Waals surface area contributed by atoms with E-state index in [1.165, 1.54) is 12.8 Å². The molecule has 0 aliphatic carbocycles. The largest absolute Gasteiger partial charge is 0.378 e. The Morgan fingerprint density at radius 3 is 2.93 bits per heavy atom. The van der Waals surface area contributed by atoms with Gasteiger partial charge in [-0.25, -0.2) is 0 Å². The fourth-order valence-corrected chi connectivity index (χ4v) is 1.97. The quantitative estimate of drug-likeness (QED) is 0.675. The molecule has 1 saturated heterocycles. The van der Waals surface area contributed by atoms with Crippen molar-refractivity contribution in [2.75, 3.05) is 19.7 Å².